The molecule has 0 bridgehead atoms. The third-order valence-corrected chi connectivity index (χ3v) is 7.94. The molecule has 4 aromatic rings. The molecule has 9 heteroatoms. The van der Waals surface area contributed by atoms with Gasteiger partial charge in [-0.25, -0.2) is 0 Å². The minimum absolute atomic E-state index is 0.00865. The number of piperidine rings is 1. The van der Waals surface area contributed by atoms with E-state index in [4.69, 9.17) is 11.1 Å². The first-order valence-corrected chi connectivity index (χ1v) is 14.3. The van der Waals surface area contributed by atoms with Gasteiger partial charge < -0.3 is 21.7 Å². The summed E-state index contributed by atoms with van der Waals surface area (Å²) in [4.78, 5) is 26.2. The predicted octanol–water partition coefficient (Wildman–Crippen LogP) is 5.34. The molecule has 1 amide bonds. The van der Waals surface area contributed by atoms with Gasteiger partial charge in [0.25, 0.3) is 0 Å². The van der Waals surface area contributed by atoms with Gasteiger partial charge >= 0.3 is 0 Å². The fraction of sp³-hybridized carbons (Fsp3) is 0.242. The summed E-state index contributed by atoms with van der Waals surface area (Å²) >= 11 is 0. The lowest BCUT2D eigenvalue weighted by molar-refractivity contribution is -0.117. The lowest BCUT2D eigenvalue weighted by Gasteiger charge is -2.23. The van der Waals surface area contributed by atoms with Crippen molar-refractivity contribution in [1.29, 1.82) is 5.41 Å². The van der Waals surface area contributed by atoms with E-state index in [9.17, 15) is 4.79 Å². The molecule has 2 aliphatic heterocycles. The van der Waals surface area contributed by atoms with E-state index in [1.54, 1.807) is 24.8 Å². The van der Waals surface area contributed by atoms with E-state index in [1.807, 2.05) is 55.5 Å². The topological polar surface area (TPSA) is 142 Å². The van der Waals surface area contributed by atoms with Crippen LogP contribution in [0.15, 0.2) is 79.0 Å². The number of nitrogens with two attached hydrogens (primary N) is 1. The highest BCUT2D eigenvalue weighted by Gasteiger charge is 2.22. The van der Waals surface area contributed by atoms with Gasteiger partial charge in [0.05, 0.1) is 34.7 Å². The van der Waals surface area contributed by atoms with Gasteiger partial charge in [0, 0.05) is 53.1 Å². The zero-order valence-electron chi connectivity index (χ0n) is 23.6. The van der Waals surface area contributed by atoms with Crippen molar-refractivity contribution in [3.05, 3.63) is 95.7 Å². The van der Waals surface area contributed by atoms with Crippen LogP contribution in [0.25, 0.3) is 22.5 Å². The van der Waals surface area contributed by atoms with Crippen molar-refractivity contribution in [3.63, 3.8) is 0 Å². The van der Waals surface area contributed by atoms with Crippen molar-refractivity contribution in [2.75, 3.05) is 29.5 Å². The Morgan fingerprint density at radius 3 is 2.76 bits per heavy atom. The molecule has 0 aliphatic carbocycles. The highest BCUT2D eigenvalue weighted by molar-refractivity contribution is 6.16. The van der Waals surface area contributed by atoms with Gasteiger partial charge in [-0.2, -0.15) is 0 Å². The summed E-state index contributed by atoms with van der Waals surface area (Å²) in [6.07, 6.45) is 12.1. The SMILES string of the molecule is Cc1cc(N)c(C(=N)C2=CCc3c(ccnc3-c3ccccn3)N2)cc1-c1cncc(NC(=O)CC2CCNCC2)c1. The molecule has 212 valence electrons. The normalized spacial score (nSPS) is 14.8. The highest BCUT2D eigenvalue weighted by atomic mass is 16.1. The highest BCUT2D eigenvalue weighted by Crippen LogP contribution is 2.34. The molecule has 42 heavy (non-hydrogen) atoms. The number of benzene rings is 1. The van der Waals surface area contributed by atoms with E-state index < -0.39 is 0 Å². The first kappa shape index (κ1) is 27.3. The Bertz CT molecular complexity index is 1680. The van der Waals surface area contributed by atoms with E-state index in [1.165, 1.54) is 0 Å². The van der Waals surface area contributed by atoms with E-state index >= 15 is 0 Å². The molecule has 0 spiro atoms. The summed E-state index contributed by atoms with van der Waals surface area (Å²) < 4.78 is 0. The Morgan fingerprint density at radius 2 is 1.95 bits per heavy atom. The van der Waals surface area contributed by atoms with E-state index in [-0.39, 0.29) is 5.91 Å². The maximum Gasteiger partial charge on any atom is 0.224 e. The Morgan fingerprint density at radius 1 is 1.10 bits per heavy atom. The molecule has 1 aromatic carbocycles. The number of rotatable bonds is 7. The molecule has 0 atom stereocenters. The maximum atomic E-state index is 12.7. The van der Waals surface area contributed by atoms with Crippen molar-refractivity contribution >= 4 is 28.7 Å². The fourth-order valence-electron chi connectivity index (χ4n) is 5.72. The van der Waals surface area contributed by atoms with Crippen LogP contribution in [0.1, 0.15) is 36.0 Å². The number of amides is 1. The monoisotopic (exact) mass is 558 g/mol. The third-order valence-electron chi connectivity index (χ3n) is 7.94. The predicted molar refractivity (Wildman–Crippen MR) is 167 cm³/mol. The van der Waals surface area contributed by atoms with Gasteiger partial charge in [-0.05, 0) is 92.7 Å². The van der Waals surface area contributed by atoms with Crippen LogP contribution in [0.2, 0.25) is 0 Å². The number of carbonyl (C=O) groups is 1. The number of nitrogens with zero attached hydrogens (tertiary/aromatic N) is 3. The molecule has 0 saturated carbocycles. The van der Waals surface area contributed by atoms with Crippen LogP contribution < -0.4 is 21.7 Å². The van der Waals surface area contributed by atoms with Crippen molar-refractivity contribution < 1.29 is 4.79 Å². The largest absolute Gasteiger partial charge is 0.398 e. The van der Waals surface area contributed by atoms with Gasteiger partial charge in [0.1, 0.15) is 0 Å². The Hall–Kier alpha value is -4.89. The van der Waals surface area contributed by atoms with Crippen molar-refractivity contribution in [1.82, 2.24) is 20.3 Å². The van der Waals surface area contributed by atoms with Gasteiger partial charge in [-0.15, -0.1) is 0 Å². The van der Waals surface area contributed by atoms with Crippen LogP contribution in [-0.4, -0.2) is 39.7 Å². The number of allylic oxidation sites excluding steroid dienone is 2. The smallest absolute Gasteiger partial charge is 0.224 e. The van der Waals surface area contributed by atoms with Crippen LogP contribution in [-0.2, 0) is 11.2 Å². The lowest BCUT2D eigenvalue weighted by Crippen LogP contribution is -2.30. The molecular weight excluding hydrogens is 524 g/mol. The number of aryl methyl sites for hydroxylation is 1. The summed E-state index contributed by atoms with van der Waals surface area (Å²) in [5.41, 5.74) is 15.6. The van der Waals surface area contributed by atoms with Crippen LogP contribution in [0.5, 0.6) is 0 Å². The maximum absolute atomic E-state index is 12.7. The molecular formula is C33H34N8O. The molecule has 0 radical (unpaired) electrons. The molecule has 2 aliphatic rings. The Labute approximate surface area is 245 Å². The van der Waals surface area contributed by atoms with E-state index in [0.717, 1.165) is 65.3 Å². The molecule has 0 unspecified atom stereocenters. The quantitative estimate of drug-likeness (QED) is 0.152. The van der Waals surface area contributed by atoms with Gasteiger partial charge in [-0.3, -0.25) is 25.2 Å². The van der Waals surface area contributed by atoms with Gasteiger partial charge in [0.15, 0.2) is 0 Å². The average Bonchev–Trinajstić information content (AvgIpc) is 3.01. The number of hydrogen-bond acceptors (Lipinski definition) is 8. The van der Waals surface area contributed by atoms with Crippen molar-refractivity contribution in [2.24, 2.45) is 5.92 Å². The second kappa shape index (κ2) is 11.9. The summed E-state index contributed by atoms with van der Waals surface area (Å²) in [6, 6.07) is 13.5. The second-order valence-electron chi connectivity index (χ2n) is 10.9. The molecule has 1 fully saturated rings. The number of fused-ring (bicyclic) bond motifs is 1. The van der Waals surface area contributed by atoms with Crippen molar-refractivity contribution in [2.45, 2.75) is 32.6 Å². The van der Waals surface area contributed by atoms with E-state index in [2.05, 4.69) is 30.9 Å². The molecule has 9 nitrogen and oxygen atoms in total. The standard InChI is InChI=1S/C33H34N8O/c1-20-14-27(34)26(17-25(20)22-16-23(19-37-18-22)40-31(42)15-21-7-11-36-12-8-21)32(35)29-6-5-24-28(41-29)9-13-39-33(24)30-4-2-3-10-38-30/h2-4,6,9-10,13-14,16-19,21,35-36,41H,5,7-8,11-12,15,34H2,1H3,(H,40,42). The zero-order chi connectivity index (χ0) is 29.1. The minimum atomic E-state index is 0.00865. The van der Waals surface area contributed by atoms with Crippen LogP contribution in [0.4, 0.5) is 17.1 Å². The zero-order valence-corrected chi connectivity index (χ0v) is 23.6. The molecule has 3 aromatic heterocycles. The first-order valence-electron chi connectivity index (χ1n) is 14.3. The van der Waals surface area contributed by atoms with Crippen LogP contribution in [0, 0.1) is 18.3 Å². The summed E-state index contributed by atoms with van der Waals surface area (Å²) in [6.45, 7) is 3.91. The van der Waals surface area contributed by atoms with E-state index in [0.29, 0.717) is 47.1 Å². The number of pyridine rings is 3. The van der Waals surface area contributed by atoms with Gasteiger partial charge in [0.2, 0.25) is 5.91 Å². The lowest BCUT2D eigenvalue weighted by atomic mass is 9.93. The fourth-order valence-corrected chi connectivity index (χ4v) is 5.72. The minimum Gasteiger partial charge on any atom is -0.398 e. The van der Waals surface area contributed by atoms with Crippen LogP contribution >= 0.6 is 0 Å². The molecule has 6 N–H and O–H groups in total. The third kappa shape index (κ3) is 5.77. The van der Waals surface area contributed by atoms with Crippen LogP contribution in [0.3, 0.4) is 0 Å². The Balaban J connectivity index is 1.23. The number of nitrogen functional groups attached to an aromatic ring is 1. The van der Waals surface area contributed by atoms with Gasteiger partial charge in [-0.1, -0.05) is 12.1 Å². The summed E-state index contributed by atoms with van der Waals surface area (Å²) in [5, 5.41) is 18.9. The summed E-state index contributed by atoms with van der Waals surface area (Å²) in [5.74, 6) is 0.414. The summed E-state index contributed by atoms with van der Waals surface area (Å²) in [7, 11) is 0. The first-order chi connectivity index (χ1) is 20.5. The molecule has 6 rings (SSSR count). The van der Waals surface area contributed by atoms with Crippen molar-refractivity contribution in [3.8, 4) is 22.5 Å². The number of hydrogen-bond donors (Lipinski definition) is 5. The number of nitrogens with one attached hydrogen (secondary N) is 4. The molecule has 5 heterocycles. The number of aromatic nitrogens is 3. The average molecular weight is 559 g/mol. The number of carbonyl (C=O) groups excluding carboxylic acids is 1. The number of anilines is 3. The molecule has 1 saturated heterocycles. The Kier molecular flexibility index (Phi) is 7.74. The second-order valence-corrected chi connectivity index (χ2v) is 10.9.